The molecule has 0 amide bonds. The summed E-state index contributed by atoms with van der Waals surface area (Å²) in [5.74, 6) is 0. The molecule has 0 saturated heterocycles. The number of rotatable bonds is 1. The van der Waals surface area contributed by atoms with Gasteiger partial charge < -0.3 is 4.42 Å². The Morgan fingerprint density at radius 3 is 2.60 bits per heavy atom. The molecule has 0 aromatic carbocycles. The Balaban J connectivity index is 0.000000151. The Bertz CT molecular complexity index is 453. The number of nitrogens with one attached hydrogen (secondary N) is 1. The molecule has 0 fully saturated rings. The first-order valence-electron chi connectivity index (χ1n) is 3.77. The fourth-order valence-electron chi connectivity index (χ4n) is 0.701. The Labute approximate surface area is 101 Å². The highest BCUT2D eigenvalue weighted by atomic mass is 35.5. The number of carbonyl (C=O) groups excluding carboxylic acids is 1. The summed E-state index contributed by atoms with van der Waals surface area (Å²) in [7, 11) is 0. The molecule has 7 heteroatoms. The van der Waals surface area contributed by atoms with Crippen molar-refractivity contribution < 1.29 is 9.21 Å². The minimum atomic E-state index is 0.498. The summed E-state index contributed by atoms with van der Waals surface area (Å²) in [5, 5.41) is 3.17. The summed E-state index contributed by atoms with van der Waals surface area (Å²) >= 11 is 14.1. The number of halogens is 1. The number of nitrogens with zero attached hydrogens (tertiary/aromatic N) is 1. The molecule has 2 aromatic heterocycles. The van der Waals surface area contributed by atoms with Crippen LogP contribution in [0.5, 0.6) is 0 Å². The van der Waals surface area contributed by atoms with E-state index in [2.05, 4.69) is 22.3 Å². The molecule has 2 heterocycles. The number of aromatic amines is 1. The van der Waals surface area contributed by atoms with Gasteiger partial charge in [-0.2, -0.15) is 0 Å². The van der Waals surface area contributed by atoms with E-state index in [1.54, 1.807) is 12.1 Å². The molecule has 80 valence electrons. The van der Waals surface area contributed by atoms with Crippen molar-refractivity contribution in [1.29, 1.82) is 0 Å². The molecular weight excluding hydrogens is 256 g/mol. The molecule has 15 heavy (non-hydrogen) atoms. The third-order valence-corrected chi connectivity index (χ3v) is 2.27. The minimum absolute atomic E-state index is 0.498. The summed E-state index contributed by atoms with van der Waals surface area (Å²) in [4.78, 5) is 9.81. The van der Waals surface area contributed by atoms with Gasteiger partial charge in [-0.25, -0.2) is 4.09 Å². The van der Waals surface area contributed by atoms with Crippen LogP contribution in [0.2, 0.25) is 5.15 Å². The van der Waals surface area contributed by atoms with E-state index in [0.717, 1.165) is 6.29 Å². The number of aromatic nitrogens is 2. The van der Waals surface area contributed by atoms with Crippen LogP contribution in [0.15, 0.2) is 29.1 Å². The van der Waals surface area contributed by atoms with Gasteiger partial charge in [0, 0.05) is 6.07 Å². The van der Waals surface area contributed by atoms with Gasteiger partial charge >= 0.3 is 0 Å². The molecule has 2 rings (SSSR count). The van der Waals surface area contributed by atoms with Gasteiger partial charge in [-0.05, 0) is 18.9 Å². The zero-order chi connectivity index (χ0) is 11.3. The Morgan fingerprint density at radius 2 is 2.40 bits per heavy atom. The second-order valence-electron chi connectivity index (χ2n) is 2.43. The maximum absolute atomic E-state index is 9.81. The van der Waals surface area contributed by atoms with E-state index in [-0.39, 0.29) is 0 Å². The number of hydrogen-bond acceptors (Lipinski definition) is 4. The molecule has 0 radical (unpaired) electrons. The van der Waals surface area contributed by atoms with Gasteiger partial charge in [-0.1, -0.05) is 23.8 Å². The second-order valence-corrected chi connectivity index (χ2v) is 3.66. The topological polar surface area (TPSA) is 50.9 Å². The highest BCUT2D eigenvalue weighted by Crippen LogP contribution is 2.07. The summed E-state index contributed by atoms with van der Waals surface area (Å²) < 4.78 is 6.51. The van der Waals surface area contributed by atoms with Crippen molar-refractivity contribution in [2.45, 2.75) is 0 Å². The van der Waals surface area contributed by atoms with E-state index in [1.807, 2.05) is 0 Å². The predicted octanol–water partition coefficient (Wildman–Crippen LogP) is 2.98. The number of furan rings is 1. The average molecular weight is 263 g/mol. The fourth-order valence-corrected chi connectivity index (χ4v) is 1.35. The van der Waals surface area contributed by atoms with Gasteiger partial charge in [0.15, 0.2) is 6.29 Å². The maximum atomic E-state index is 9.81. The largest absolute Gasteiger partial charge is 0.472 e. The van der Waals surface area contributed by atoms with Crippen LogP contribution in [0, 0.1) is 4.64 Å². The van der Waals surface area contributed by atoms with Crippen molar-refractivity contribution in [3.63, 3.8) is 0 Å². The number of carbonyl (C=O) groups is 1. The molecule has 0 spiro atoms. The summed E-state index contributed by atoms with van der Waals surface area (Å²) in [6.07, 6.45) is 3.60. The number of H-pyrrole nitrogens is 1. The predicted molar refractivity (Wildman–Crippen MR) is 63.1 cm³/mol. The van der Waals surface area contributed by atoms with E-state index < -0.39 is 0 Å². The summed E-state index contributed by atoms with van der Waals surface area (Å²) in [5.41, 5.74) is 0.583. The average Bonchev–Trinajstić information content (AvgIpc) is 2.78. The van der Waals surface area contributed by atoms with Crippen molar-refractivity contribution >= 4 is 42.9 Å². The molecule has 0 aliphatic rings. The van der Waals surface area contributed by atoms with Crippen molar-refractivity contribution in [3.05, 3.63) is 40.0 Å². The zero-order valence-electron chi connectivity index (χ0n) is 7.38. The number of hydrogen-bond donors (Lipinski definition) is 2. The van der Waals surface area contributed by atoms with Crippen LogP contribution in [-0.4, -0.2) is 15.5 Å². The fraction of sp³-hybridized carbons (Fsp3) is 0. The first-order valence-corrected chi connectivity index (χ1v) is 4.96. The second kappa shape index (κ2) is 5.79. The van der Waals surface area contributed by atoms with E-state index in [1.165, 1.54) is 16.6 Å². The molecule has 0 unspecified atom stereocenters. The molecule has 1 N–H and O–H groups in total. The molecule has 0 aliphatic heterocycles. The normalized spacial score (nSPS) is 9.20. The van der Waals surface area contributed by atoms with Crippen molar-refractivity contribution in [2.24, 2.45) is 0 Å². The minimum Gasteiger partial charge on any atom is -0.472 e. The molecule has 0 saturated carbocycles. The Hall–Kier alpha value is -0.980. The Morgan fingerprint density at radius 1 is 1.67 bits per heavy atom. The van der Waals surface area contributed by atoms with E-state index in [9.17, 15) is 4.79 Å². The summed E-state index contributed by atoms with van der Waals surface area (Å²) in [6.45, 7) is 0. The quantitative estimate of drug-likeness (QED) is 0.472. The van der Waals surface area contributed by atoms with E-state index in [4.69, 9.17) is 23.8 Å². The van der Waals surface area contributed by atoms with Crippen LogP contribution >= 0.6 is 36.6 Å². The Kier molecular flexibility index (Phi) is 4.67. The van der Waals surface area contributed by atoms with Crippen LogP contribution in [0.3, 0.4) is 0 Å². The lowest BCUT2D eigenvalue weighted by Crippen LogP contribution is -1.78. The highest BCUT2D eigenvalue weighted by Gasteiger charge is 1.90. The first-order chi connectivity index (χ1) is 7.13. The van der Waals surface area contributed by atoms with Gasteiger partial charge in [0.25, 0.3) is 0 Å². The van der Waals surface area contributed by atoms with Gasteiger partial charge in [0.2, 0.25) is 0 Å². The first kappa shape index (κ1) is 12.1. The molecule has 0 bridgehead atoms. The van der Waals surface area contributed by atoms with Crippen LogP contribution in [0.25, 0.3) is 0 Å². The van der Waals surface area contributed by atoms with Gasteiger partial charge in [0.1, 0.15) is 16.1 Å². The van der Waals surface area contributed by atoms with Crippen molar-refractivity contribution in [2.75, 3.05) is 0 Å². The molecule has 0 atom stereocenters. The lowest BCUT2D eigenvalue weighted by molar-refractivity contribution is 0.112. The van der Waals surface area contributed by atoms with Crippen LogP contribution in [0.4, 0.5) is 0 Å². The third-order valence-electron chi connectivity index (χ3n) is 1.35. The smallest absolute Gasteiger partial charge is 0.153 e. The van der Waals surface area contributed by atoms with Gasteiger partial charge in [-0.3, -0.25) is 9.89 Å². The van der Waals surface area contributed by atoms with Crippen LogP contribution < -0.4 is 0 Å². The van der Waals surface area contributed by atoms with Crippen LogP contribution in [0.1, 0.15) is 10.4 Å². The standard InChI is InChI=1S/C5H4O2.C3H3ClN2S2/c6-3-5-1-2-7-4-5;4-2-1-3(7)5-6(2)8/h1-4H;1,8H,(H,5,7). The van der Waals surface area contributed by atoms with Crippen LogP contribution in [-0.2, 0) is 0 Å². The maximum Gasteiger partial charge on any atom is 0.153 e. The molecule has 0 aliphatic carbocycles. The van der Waals surface area contributed by atoms with Gasteiger partial charge in [0.05, 0.1) is 11.8 Å². The lowest BCUT2D eigenvalue weighted by atomic mass is 10.4. The highest BCUT2D eigenvalue weighted by molar-refractivity contribution is 7.78. The van der Waals surface area contributed by atoms with E-state index >= 15 is 0 Å². The van der Waals surface area contributed by atoms with Gasteiger partial charge in [-0.15, -0.1) is 0 Å². The molecular formula is C8H7ClN2O2S2. The third kappa shape index (κ3) is 3.94. The monoisotopic (exact) mass is 262 g/mol. The zero-order valence-corrected chi connectivity index (χ0v) is 9.85. The SMILES string of the molecule is O=Cc1ccoc1.S=c1cc(Cl)n(S)[nH]1. The molecule has 4 nitrogen and oxygen atoms in total. The summed E-state index contributed by atoms with van der Waals surface area (Å²) in [6, 6.07) is 3.22. The molecule has 2 aromatic rings. The number of thiol groups is 1. The van der Waals surface area contributed by atoms with E-state index in [0.29, 0.717) is 15.4 Å². The number of aldehydes is 1. The lowest BCUT2D eigenvalue weighted by Gasteiger charge is -1.85. The van der Waals surface area contributed by atoms with Crippen molar-refractivity contribution in [3.8, 4) is 0 Å². The van der Waals surface area contributed by atoms with Crippen molar-refractivity contribution in [1.82, 2.24) is 9.19 Å².